The molecule has 1 heterocycles. The van der Waals surface area contributed by atoms with E-state index in [1.807, 2.05) is 24.3 Å². The second kappa shape index (κ2) is 5.62. The van der Waals surface area contributed by atoms with Crippen LogP contribution in [0, 0.1) is 0 Å². The summed E-state index contributed by atoms with van der Waals surface area (Å²) in [4.78, 5) is 25.0. The van der Waals surface area contributed by atoms with E-state index in [9.17, 15) is 14.7 Å². The van der Waals surface area contributed by atoms with E-state index in [-0.39, 0.29) is 12.5 Å². The van der Waals surface area contributed by atoms with Crippen LogP contribution in [0.3, 0.4) is 0 Å². The molecule has 1 aliphatic carbocycles. The molecule has 0 saturated carbocycles. The molecule has 128 valence electrons. The van der Waals surface area contributed by atoms with Crippen molar-refractivity contribution in [2.75, 3.05) is 13.2 Å². The van der Waals surface area contributed by atoms with Crippen molar-refractivity contribution in [2.24, 2.45) is 0 Å². The largest absolute Gasteiger partial charge is 0.480 e. The number of carboxylic acids is 1. The van der Waals surface area contributed by atoms with Gasteiger partial charge in [-0.2, -0.15) is 0 Å². The van der Waals surface area contributed by atoms with E-state index in [4.69, 9.17) is 4.74 Å². The van der Waals surface area contributed by atoms with Gasteiger partial charge in [-0.3, -0.25) is 4.90 Å². The number of amides is 1. The summed E-state index contributed by atoms with van der Waals surface area (Å²) in [7, 11) is 0. The highest BCUT2D eigenvalue weighted by atomic mass is 16.6. The van der Waals surface area contributed by atoms with Crippen LogP contribution in [0.25, 0.3) is 11.1 Å². The second-order valence-corrected chi connectivity index (χ2v) is 6.78. The van der Waals surface area contributed by atoms with E-state index >= 15 is 0 Å². The monoisotopic (exact) mass is 337 g/mol. The molecule has 2 aliphatic rings. The maximum absolute atomic E-state index is 12.4. The topological polar surface area (TPSA) is 66.8 Å². The number of rotatable bonds is 3. The molecule has 1 atom stereocenters. The van der Waals surface area contributed by atoms with Crippen LogP contribution < -0.4 is 0 Å². The Bertz CT molecular complexity index is 817. The van der Waals surface area contributed by atoms with Gasteiger partial charge in [-0.15, -0.1) is 0 Å². The molecule has 1 amide bonds. The molecule has 5 nitrogen and oxygen atoms in total. The predicted octanol–water partition coefficient (Wildman–Crippen LogP) is 3.48. The number of carboxylic acid groups (broad SMARTS) is 1. The minimum Gasteiger partial charge on any atom is -0.480 e. The molecule has 0 aromatic heterocycles. The average Bonchev–Trinajstić information content (AvgIpc) is 2.92. The SMILES string of the molecule is C[C@]1(C(=O)O)CCN1C(=O)OCC1c2ccccc2-c2ccccc21. The minimum absolute atomic E-state index is 0.0197. The number of carbonyl (C=O) groups is 2. The van der Waals surface area contributed by atoms with Crippen molar-refractivity contribution >= 4 is 12.1 Å². The van der Waals surface area contributed by atoms with E-state index in [1.165, 1.54) is 16.0 Å². The molecule has 0 bridgehead atoms. The summed E-state index contributed by atoms with van der Waals surface area (Å²) in [5.41, 5.74) is 3.46. The Morgan fingerprint density at radius 2 is 1.68 bits per heavy atom. The van der Waals surface area contributed by atoms with Gasteiger partial charge in [0.1, 0.15) is 12.1 Å². The Morgan fingerprint density at radius 1 is 1.12 bits per heavy atom. The van der Waals surface area contributed by atoms with Gasteiger partial charge in [0.2, 0.25) is 0 Å². The fourth-order valence-electron chi connectivity index (χ4n) is 3.75. The smallest absolute Gasteiger partial charge is 0.410 e. The quantitative estimate of drug-likeness (QED) is 0.931. The molecule has 5 heteroatoms. The lowest BCUT2D eigenvalue weighted by Crippen LogP contribution is -2.64. The van der Waals surface area contributed by atoms with Crippen molar-refractivity contribution in [2.45, 2.75) is 24.8 Å². The molecule has 0 spiro atoms. The molecule has 0 radical (unpaired) electrons. The first-order valence-corrected chi connectivity index (χ1v) is 8.38. The van der Waals surface area contributed by atoms with Crippen LogP contribution in [0.1, 0.15) is 30.4 Å². The first-order valence-electron chi connectivity index (χ1n) is 8.38. The Morgan fingerprint density at radius 3 is 2.16 bits per heavy atom. The van der Waals surface area contributed by atoms with Crippen LogP contribution >= 0.6 is 0 Å². The number of benzene rings is 2. The third kappa shape index (κ3) is 2.30. The number of ether oxygens (including phenoxy) is 1. The zero-order valence-electron chi connectivity index (χ0n) is 13.9. The van der Waals surface area contributed by atoms with Crippen molar-refractivity contribution in [3.8, 4) is 11.1 Å². The summed E-state index contributed by atoms with van der Waals surface area (Å²) in [5, 5.41) is 9.30. The summed E-state index contributed by atoms with van der Waals surface area (Å²) >= 11 is 0. The fourth-order valence-corrected chi connectivity index (χ4v) is 3.75. The van der Waals surface area contributed by atoms with Crippen LogP contribution in [0.4, 0.5) is 4.79 Å². The van der Waals surface area contributed by atoms with Gasteiger partial charge in [-0.1, -0.05) is 48.5 Å². The highest BCUT2D eigenvalue weighted by molar-refractivity contribution is 5.86. The molecule has 2 aromatic carbocycles. The summed E-state index contributed by atoms with van der Waals surface area (Å²) in [6, 6.07) is 16.2. The first kappa shape index (κ1) is 15.7. The lowest BCUT2D eigenvalue weighted by Gasteiger charge is -2.46. The van der Waals surface area contributed by atoms with Crippen molar-refractivity contribution in [1.82, 2.24) is 4.90 Å². The number of likely N-dealkylation sites (tertiary alicyclic amines) is 1. The molecule has 2 aromatic rings. The first-order chi connectivity index (χ1) is 12.0. The van der Waals surface area contributed by atoms with E-state index in [0.717, 1.165) is 11.1 Å². The lowest BCUT2D eigenvalue weighted by molar-refractivity contribution is -0.157. The highest BCUT2D eigenvalue weighted by Gasteiger charge is 2.50. The van der Waals surface area contributed by atoms with Crippen molar-refractivity contribution in [3.63, 3.8) is 0 Å². The number of nitrogens with zero attached hydrogens (tertiary/aromatic N) is 1. The molecule has 1 saturated heterocycles. The number of hydrogen-bond donors (Lipinski definition) is 1. The van der Waals surface area contributed by atoms with Gasteiger partial charge >= 0.3 is 12.1 Å². The third-order valence-corrected chi connectivity index (χ3v) is 5.44. The molecule has 0 unspecified atom stereocenters. The normalized spacial score (nSPS) is 21.2. The van der Waals surface area contributed by atoms with E-state index in [0.29, 0.717) is 13.0 Å². The zero-order chi connectivity index (χ0) is 17.6. The zero-order valence-corrected chi connectivity index (χ0v) is 13.9. The van der Waals surface area contributed by atoms with Gasteiger partial charge in [0.25, 0.3) is 0 Å². The van der Waals surface area contributed by atoms with Gasteiger partial charge in [-0.05, 0) is 35.6 Å². The van der Waals surface area contributed by atoms with Crippen molar-refractivity contribution < 1.29 is 19.4 Å². The minimum atomic E-state index is -1.15. The van der Waals surface area contributed by atoms with Crippen LogP contribution in [-0.2, 0) is 9.53 Å². The Labute approximate surface area is 145 Å². The molecule has 25 heavy (non-hydrogen) atoms. The summed E-state index contributed by atoms with van der Waals surface area (Å²) < 4.78 is 5.51. The number of carbonyl (C=O) groups excluding carboxylic acids is 1. The van der Waals surface area contributed by atoms with E-state index in [1.54, 1.807) is 6.92 Å². The Kier molecular flexibility index (Phi) is 3.53. The molecule has 1 N–H and O–H groups in total. The standard InChI is InChI=1S/C20H19NO4/c1-20(18(22)23)10-11-21(20)19(24)25-12-17-15-8-4-2-6-13(15)14-7-3-5-9-16(14)17/h2-9,17H,10-12H2,1H3,(H,22,23)/t20-/m1/s1. The second-order valence-electron chi connectivity index (χ2n) is 6.78. The average molecular weight is 337 g/mol. The molecule has 4 rings (SSSR count). The maximum atomic E-state index is 12.4. The van der Waals surface area contributed by atoms with Crippen molar-refractivity contribution in [1.29, 1.82) is 0 Å². The van der Waals surface area contributed by atoms with Crippen molar-refractivity contribution in [3.05, 3.63) is 59.7 Å². The van der Waals surface area contributed by atoms with E-state index < -0.39 is 17.6 Å². The highest BCUT2D eigenvalue weighted by Crippen LogP contribution is 2.44. The van der Waals surface area contributed by atoms with Crippen LogP contribution in [0.15, 0.2) is 48.5 Å². The lowest BCUT2D eigenvalue weighted by atomic mass is 9.87. The summed E-state index contributed by atoms with van der Waals surface area (Å²) in [6.07, 6.45) is -0.106. The number of aliphatic carboxylic acids is 1. The molecular formula is C20H19NO4. The number of hydrogen-bond acceptors (Lipinski definition) is 3. The molecular weight excluding hydrogens is 318 g/mol. The van der Waals surface area contributed by atoms with E-state index in [2.05, 4.69) is 24.3 Å². The van der Waals surface area contributed by atoms with Gasteiger partial charge in [0.05, 0.1) is 0 Å². The third-order valence-electron chi connectivity index (χ3n) is 5.44. The fraction of sp³-hybridized carbons (Fsp3) is 0.300. The van der Waals surface area contributed by atoms with Gasteiger partial charge in [-0.25, -0.2) is 9.59 Å². The Balaban J connectivity index is 1.54. The number of fused-ring (bicyclic) bond motifs is 3. The maximum Gasteiger partial charge on any atom is 0.410 e. The summed E-state index contributed by atoms with van der Waals surface area (Å²) in [6.45, 7) is 2.18. The molecule has 1 aliphatic heterocycles. The predicted molar refractivity (Wildman–Crippen MR) is 92.4 cm³/mol. The van der Waals surface area contributed by atoms with Crippen LogP contribution in [0.2, 0.25) is 0 Å². The van der Waals surface area contributed by atoms with Gasteiger partial charge in [0, 0.05) is 12.5 Å². The van der Waals surface area contributed by atoms with Crippen LogP contribution in [-0.4, -0.2) is 40.8 Å². The van der Waals surface area contributed by atoms with Gasteiger partial charge < -0.3 is 9.84 Å². The molecule has 1 fully saturated rings. The summed E-state index contributed by atoms with van der Waals surface area (Å²) in [5.74, 6) is -1.01. The van der Waals surface area contributed by atoms with Crippen LogP contribution in [0.5, 0.6) is 0 Å². The Hall–Kier alpha value is -2.82. The van der Waals surface area contributed by atoms with Gasteiger partial charge in [0.15, 0.2) is 0 Å².